The second-order valence-electron chi connectivity index (χ2n) is 8.09. The molecule has 1 heterocycles. The smallest absolute Gasteiger partial charge is 0.407 e. The lowest BCUT2D eigenvalue weighted by Gasteiger charge is -2.27. The first-order valence-electron chi connectivity index (χ1n) is 9.43. The number of hydrogen-bond acceptors (Lipinski definition) is 4. The molecule has 0 aliphatic carbocycles. The molecule has 1 aliphatic heterocycles. The number of hydrogen-bond donors (Lipinski definition) is 3. The van der Waals surface area contributed by atoms with Gasteiger partial charge in [0.15, 0.2) is 5.96 Å². The standard InChI is InChI=1S/C20H32N4O3/c1-13(2)16(24-19(25)27-20(3,4)5)12-22-18(21)23-15-10-11-26-17-9-7-6-8-14(15)17/h6-9,13,15-16H,10-12H2,1-5H3,(H,24,25)(H3,21,22,23). The minimum atomic E-state index is -0.536. The van der Waals surface area contributed by atoms with E-state index in [-0.39, 0.29) is 18.0 Å². The Bertz CT molecular complexity index is 667. The van der Waals surface area contributed by atoms with Gasteiger partial charge in [0.25, 0.3) is 0 Å². The third-order valence-electron chi connectivity index (χ3n) is 4.25. The van der Waals surface area contributed by atoms with Crippen LogP contribution in [0.3, 0.4) is 0 Å². The van der Waals surface area contributed by atoms with E-state index in [1.165, 1.54) is 0 Å². The van der Waals surface area contributed by atoms with Gasteiger partial charge in [0, 0.05) is 12.0 Å². The summed E-state index contributed by atoms with van der Waals surface area (Å²) >= 11 is 0. The quantitative estimate of drug-likeness (QED) is 0.542. The van der Waals surface area contributed by atoms with Crippen LogP contribution in [0.1, 0.15) is 52.6 Å². The van der Waals surface area contributed by atoms with E-state index < -0.39 is 11.7 Å². The molecule has 0 radical (unpaired) electrons. The van der Waals surface area contributed by atoms with Gasteiger partial charge in [-0.2, -0.15) is 0 Å². The molecule has 1 amide bonds. The highest BCUT2D eigenvalue weighted by atomic mass is 16.6. The molecule has 150 valence electrons. The molecule has 4 N–H and O–H groups in total. The number of carbonyl (C=O) groups excluding carboxylic acids is 1. The number of fused-ring (bicyclic) bond motifs is 1. The maximum atomic E-state index is 12.0. The zero-order chi connectivity index (χ0) is 20.0. The number of aliphatic imine (C=N–C) groups is 1. The molecular formula is C20H32N4O3. The van der Waals surface area contributed by atoms with Crippen molar-refractivity contribution in [2.75, 3.05) is 13.2 Å². The minimum absolute atomic E-state index is 0.0648. The van der Waals surface area contributed by atoms with Gasteiger partial charge in [-0.15, -0.1) is 0 Å². The predicted octanol–water partition coefficient (Wildman–Crippen LogP) is 2.96. The van der Waals surface area contributed by atoms with E-state index in [1.807, 2.05) is 58.9 Å². The maximum absolute atomic E-state index is 12.0. The summed E-state index contributed by atoms with van der Waals surface area (Å²) in [6, 6.07) is 7.82. The first-order chi connectivity index (χ1) is 12.7. The molecule has 0 bridgehead atoms. The fourth-order valence-electron chi connectivity index (χ4n) is 2.79. The molecule has 1 aliphatic rings. The van der Waals surface area contributed by atoms with E-state index in [0.717, 1.165) is 17.7 Å². The van der Waals surface area contributed by atoms with Gasteiger partial charge >= 0.3 is 6.09 Å². The highest BCUT2D eigenvalue weighted by Crippen LogP contribution is 2.31. The largest absolute Gasteiger partial charge is 0.493 e. The van der Waals surface area contributed by atoms with Crippen molar-refractivity contribution in [1.82, 2.24) is 10.6 Å². The molecule has 0 saturated heterocycles. The van der Waals surface area contributed by atoms with Crippen LogP contribution in [0.25, 0.3) is 0 Å². The van der Waals surface area contributed by atoms with Crippen LogP contribution in [0, 0.1) is 5.92 Å². The number of ether oxygens (including phenoxy) is 2. The molecule has 1 aromatic rings. The Morgan fingerprint density at radius 2 is 2.07 bits per heavy atom. The Labute approximate surface area is 161 Å². The van der Waals surface area contributed by atoms with Gasteiger partial charge in [0.1, 0.15) is 11.4 Å². The van der Waals surface area contributed by atoms with E-state index in [0.29, 0.717) is 19.1 Å². The van der Waals surface area contributed by atoms with E-state index in [2.05, 4.69) is 15.6 Å². The summed E-state index contributed by atoms with van der Waals surface area (Å²) in [5.41, 5.74) is 6.64. The molecule has 7 heteroatoms. The minimum Gasteiger partial charge on any atom is -0.493 e. The summed E-state index contributed by atoms with van der Waals surface area (Å²) in [7, 11) is 0. The average Bonchev–Trinajstić information content (AvgIpc) is 2.57. The fourth-order valence-corrected chi connectivity index (χ4v) is 2.79. The zero-order valence-electron chi connectivity index (χ0n) is 16.9. The molecular weight excluding hydrogens is 344 g/mol. The number of para-hydroxylation sites is 1. The number of benzene rings is 1. The molecule has 7 nitrogen and oxygen atoms in total. The summed E-state index contributed by atoms with van der Waals surface area (Å²) in [6.07, 6.45) is 0.373. The summed E-state index contributed by atoms with van der Waals surface area (Å²) in [6.45, 7) is 10.6. The number of nitrogens with two attached hydrogens (primary N) is 1. The van der Waals surface area contributed by atoms with Crippen molar-refractivity contribution in [1.29, 1.82) is 0 Å². The Balaban J connectivity index is 1.95. The van der Waals surface area contributed by atoms with Gasteiger partial charge in [0.2, 0.25) is 0 Å². The van der Waals surface area contributed by atoms with Crippen LogP contribution in [0.15, 0.2) is 29.3 Å². The number of nitrogens with one attached hydrogen (secondary N) is 2. The van der Waals surface area contributed by atoms with Crippen LogP contribution >= 0.6 is 0 Å². The van der Waals surface area contributed by atoms with Gasteiger partial charge in [-0.3, -0.25) is 4.99 Å². The Kier molecular flexibility index (Phi) is 6.93. The van der Waals surface area contributed by atoms with E-state index in [9.17, 15) is 4.79 Å². The third-order valence-corrected chi connectivity index (χ3v) is 4.25. The van der Waals surface area contributed by atoms with Crippen LogP contribution in [-0.4, -0.2) is 36.8 Å². The molecule has 0 fully saturated rings. The highest BCUT2D eigenvalue weighted by molar-refractivity contribution is 5.78. The van der Waals surface area contributed by atoms with Crippen molar-refractivity contribution < 1.29 is 14.3 Å². The topological polar surface area (TPSA) is 98.0 Å². The van der Waals surface area contributed by atoms with Crippen LogP contribution < -0.4 is 21.1 Å². The van der Waals surface area contributed by atoms with E-state index >= 15 is 0 Å². The molecule has 2 atom stereocenters. The van der Waals surface area contributed by atoms with Crippen LogP contribution in [0.2, 0.25) is 0 Å². The third kappa shape index (κ3) is 6.66. The number of alkyl carbamates (subject to hydrolysis) is 1. The molecule has 0 aromatic heterocycles. The highest BCUT2D eigenvalue weighted by Gasteiger charge is 2.23. The molecule has 2 unspecified atom stereocenters. The predicted molar refractivity (Wildman–Crippen MR) is 107 cm³/mol. The molecule has 27 heavy (non-hydrogen) atoms. The van der Waals surface area contributed by atoms with Crippen molar-refractivity contribution in [3.63, 3.8) is 0 Å². The SMILES string of the molecule is CC(C)C(CN=C(N)NC1CCOc2ccccc21)NC(=O)OC(C)(C)C. The molecule has 0 spiro atoms. The number of amides is 1. The second kappa shape index (κ2) is 8.97. The Morgan fingerprint density at radius 1 is 1.37 bits per heavy atom. The summed E-state index contributed by atoms with van der Waals surface area (Å²) < 4.78 is 11.0. The lowest BCUT2D eigenvalue weighted by Crippen LogP contribution is -2.44. The van der Waals surface area contributed by atoms with Gasteiger partial charge in [0.05, 0.1) is 25.2 Å². The van der Waals surface area contributed by atoms with Crippen molar-refractivity contribution in [2.24, 2.45) is 16.6 Å². The van der Waals surface area contributed by atoms with E-state index in [1.54, 1.807) is 0 Å². The van der Waals surface area contributed by atoms with Gasteiger partial charge in [-0.25, -0.2) is 4.79 Å². The number of carbonyl (C=O) groups is 1. The lowest BCUT2D eigenvalue weighted by atomic mass is 10.0. The molecule has 2 rings (SSSR count). The van der Waals surface area contributed by atoms with Crippen LogP contribution in [0.4, 0.5) is 4.79 Å². The normalized spacial score (nSPS) is 18.3. The van der Waals surface area contributed by atoms with Crippen LogP contribution in [0.5, 0.6) is 5.75 Å². The summed E-state index contributed by atoms with van der Waals surface area (Å²) in [5.74, 6) is 1.42. The molecule has 1 aromatic carbocycles. The lowest BCUT2D eigenvalue weighted by molar-refractivity contribution is 0.0493. The number of nitrogens with zero attached hydrogens (tertiary/aromatic N) is 1. The number of guanidine groups is 1. The van der Waals surface area contributed by atoms with Crippen molar-refractivity contribution in [2.45, 2.75) is 58.7 Å². The average molecular weight is 377 g/mol. The van der Waals surface area contributed by atoms with E-state index in [4.69, 9.17) is 15.2 Å². The van der Waals surface area contributed by atoms with Crippen molar-refractivity contribution >= 4 is 12.1 Å². The van der Waals surface area contributed by atoms with Crippen LogP contribution in [-0.2, 0) is 4.74 Å². The zero-order valence-corrected chi connectivity index (χ0v) is 16.9. The fraction of sp³-hybridized carbons (Fsp3) is 0.600. The van der Waals surface area contributed by atoms with Crippen molar-refractivity contribution in [3.8, 4) is 5.75 Å². The van der Waals surface area contributed by atoms with Gasteiger partial charge < -0.3 is 25.8 Å². The summed E-state index contributed by atoms with van der Waals surface area (Å²) in [4.78, 5) is 16.5. The Hall–Kier alpha value is -2.44. The van der Waals surface area contributed by atoms with Crippen molar-refractivity contribution in [3.05, 3.63) is 29.8 Å². The second-order valence-corrected chi connectivity index (χ2v) is 8.09. The first-order valence-corrected chi connectivity index (χ1v) is 9.43. The van der Waals surface area contributed by atoms with Gasteiger partial charge in [-0.1, -0.05) is 32.0 Å². The molecule has 0 saturated carbocycles. The maximum Gasteiger partial charge on any atom is 0.407 e. The number of rotatable bonds is 5. The Morgan fingerprint density at radius 3 is 2.74 bits per heavy atom. The monoisotopic (exact) mass is 376 g/mol. The summed E-state index contributed by atoms with van der Waals surface area (Å²) in [5, 5.41) is 6.14. The first kappa shape index (κ1) is 20.9. The van der Waals surface area contributed by atoms with Gasteiger partial charge in [-0.05, 0) is 32.8 Å².